The van der Waals surface area contributed by atoms with Crippen LogP contribution in [-0.2, 0) is 0 Å². The van der Waals surface area contributed by atoms with E-state index in [1.807, 2.05) is 6.20 Å². The van der Waals surface area contributed by atoms with Crippen molar-refractivity contribution in [2.45, 2.75) is 19.8 Å². The second-order valence-corrected chi connectivity index (χ2v) is 7.11. The van der Waals surface area contributed by atoms with Crippen molar-refractivity contribution in [3.63, 3.8) is 0 Å². The minimum atomic E-state index is 0.441. The summed E-state index contributed by atoms with van der Waals surface area (Å²) in [5.74, 6) is 3.94. The van der Waals surface area contributed by atoms with E-state index in [2.05, 4.69) is 48.4 Å². The molecule has 0 saturated carbocycles. The first kappa shape index (κ1) is 13.9. The lowest BCUT2D eigenvalue weighted by molar-refractivity contribution is 0.533. The van der Waals surface area contributed by atoms with Gasteiger partial charge in [-0.2, -0.15) is 8.75 Å². The molecule has 6 nitrogen and oxygen atoms in total. The molecule has 2 atom stereocenters. The lowest BCUT2D eigenvalue weighted by atomic mass is 10.0. The molecule has 0 aliphatic carbocycles. The summed E-state index contributed by atoms with van der Waals surface area (Å²) in [4.78, 5) is 13.6. The van der Waals surface area contributed by atoms with E-state index in [1.165, 1.54) is 11.7 Å². The largest absolute Gasteiger partial charge is 0.356 e. The van der Waals surface area contributed by atoms with Gasteiger partial charge in [-0.05, 0) is 5.92 Å². The van der Waals surface area contributed by atoms with Crippen LogP contribution >= 0.6 is 11.7 Å². The molecular formula is C15H20N6S. The minimum Gasteiger partial charge on any atom is -0.356 e. The van der Waals surface area contributed by atoms with Crippen LogP contribution in [0.2, 0.25) is 0 Å². The van der Waals surface area contributed by atoms with Gasteiger partial charge in [-0.15, -0.1) is 0 Å². The number of nitrogens with zero attached hydrogens (tertiary/aromatic N) is 6. The Labute approximate surface area is 134 Å². The van der Waals surface area contributed by atoms with Gasteiger partial charge in [0.05, 0.1) is 17.9 Å². The Morgan fingerprint density at radius 1 is 1.05 bits per heavy atom. The second kappa shape index (κ2) is 5.46. The number of aromatic nitrogens is 4. The van der Waals surface area contributed by atoms with Crippen LogP contribution in [0.4, 0.5) is 11.6 Å². The molecule has 4 rings (SSSR count). The average molecular weight is 316 g/mol. The summed E-state index contributed by atoms with van der Waals surface area (Å²) in [5, 5.41) is 0. The lowest BCUT2D eigenvalue weighted by Gasteiger charge is -2.22. The topological polar surface area (TPSA) is 58.0 Å². The molecule has 22 heavy (non-hydrogen) atoms. The van der Waals surface area contributed by atoms with Crippen LogP contribution in [0.1, 0.15) is 25.5 Å². The Balaban J connectivity index is 1.46. The van der Waals surface area contributed by atoms with Crippen molar-refractivity contribution < 1.29 is 0 Å². The van der Waals surface area contributed by atoms with Gasteiger partial charge in [0.2, 0.25) is 0 Å². The Hall–Kier alpha value is -1.76. The zero-order valence-corrected chi connectivity index (χ0v) is 13.7. The van der Waals surface area contributed by atoms with Crippen LogP contribution in [0.15, 0.2) is 18.6 Å². The van der Waals surface area contributed by atoms with Gasteiger partial charge < -0.3 is 9.80 Å². The summed E-state index contributed by atoms with van der Waals surface area (Å²) in [6.07, 6.45) is 3.58. The molecule has 2 aromatic heterocycles. The maximum Gasteiger partial charge on any atom is 0.162 e. The Kier molecular flexibility index (Phi) is 3.44. The maximum absolute atomic E-state index is 4.48. The van der Waals surface area contributed by atoms with Crippen molar-refractivity contribution >= 4 is 23.4 Å². The van der Waals surface area contributed by atoms with Crippen LogP contribution in [0.5, 0.6) is 0 Å². The standard InChI is InChI=1S/C15H20N6S/c1-10(2)13-3-14(17-9-16-13)20-5-11-7-21(8-12(11)6-20)15-4-18-22-19-15/h3-4,9-12H,5-8H2,1-2H3. The smallest absolute Gasteiger partial charge is 0.162 e. The summed E-state index contributed by atoms with van der Waals surface area (Å²) < 4.78 is 8.47. The molecule has 2 aromatic rings. The zero-order chi connectivity index (χ0) is 15.1. The average Bonchev–Trinajstić information content (AvgIpc) is 3.22. The van der Waals surface area contributed by atoms with E-state index in [0.717, 1.165) is 43.5 Å². The first-order valence-corrected chi connectivity index (χ1v) is 8.53. The van der Waals surface area contributed by atoms with Gasteiger partial charge in [0.15, 0.2) is 5.82 Å². The number of hydrogen-bond acceptors (Lipinski definition) is 7. The third kappa shape index (κ3) is 2.43. The van der Waals surface area contributed by atoms with E-state index in [0.29, 0.717) is 17.8 Å². The molecule has 2 saturated heterocycles. The van der Waals surface area contributed by atoms with E-state index < -0.39 is 0 Å². The molecule has 2 aliphatic heterocycles. The molecule has 2 fully saturated rings. The summed E-state index contributed by atoms with van der Waals surface area (Å²) in [7, 11) is 0. The molecule has 0 radical (unpaired) electrons. The van der Waals surface area contributed by atoms with Crippen LogP contribution in [0.25, 0.3) is 0 Å². The molecule has 4 heterocycles. The number of anilines is 2. The van der Waals surface area contributed by atoms with Crippen molar-refractivity contribution in [1.82, 2.24) is 18.7 Å². The summed E-state index contributed by atoms with van der Waals surface area (Å²) in [6, 6.07) is 2.15. The van der Waals surface area contributed by atoms with Gasteiger partial charge in [-0.1, -0.05) is 13.8 Å². The number of hydrogen-bond donors (Lipinski definition) is 0. The van der Waals surface area contributed by atoms with Crippen LogP contribution < -0.4 is 9.80 Å². The highest BCUT2D eigenvalue weighted by molar-refractivity contribution is 6.99. The maximum atomic E-state index is 4.48. The molecule has 0 amide bonds. The third-order valence-electron chi connectivity index (χ3n) is 4.75. The van der Waals surface area contributed by atoms with Gasteiger partial charge >= 0.3 is 0 Å². The predicted molar refractivity (Wildman–Crippen MR) is 87.4 cm³/mol. The third-order valence-corrected chi connectivity index (χ3v) is 5.22. The normalized spacial score (nSPS) is 24.3. The van der Waals surface area contributed by atoms with E-state index in [4.69, 9.17) is 0 Å². The van der Waals surface area contributed by atoms with E-state index in [-0.39, 0.29) is 0 Å². The summed E-state index contributed by atoms with van der Waals surface area (Å²) in [5.41, 5.74) is 1.12. The number of fused-ring (bicyclic) bond motifs is 1. The SMILES string of the molecule is CC(C)c1cc(N2CC3CN(c4cnsn4)CC3C2)ncn1. The highest BCUT2D eigenvalue weighted by atomic mass is 32.1. The highest BCUT2D eigenvalue weighted by Crippen LogP contribution is 2.35. The van der Waals surface area contributed by atoms with Gasteiger partial charge in [0.25, 0.3) is 0 Å². The Bertz CT molecular complexity index is 629. The van der Waals surface area contributed by atoms with Crippen LogP contribution in [0.3, 0.4) is 0 Å². The fraction of sp³-hybridized carbons (Fsp3) is 0.600. The van der Waals surface area contributed by atoms with Gasteiger partial charge in [0.1, 0.15) is 12.1 Å². The first-order valence-electron chi connectivity index (χ1n) is 7.80. The van der Waals surface area contributed by atoms with Crippen molar-refractivity contribution in [1.29, 1.82) is 0 Å². The van der Waals surface area contributed by atoms with Gasteiger partial charge in [-0.3, -0.25) is 0 Å². The summed E-state index contributed by atoms with van der Waals surface area (Å²) >= 11 is 1.29. The molecule has 2 aliphatic rings. The zero-order valence-electron chi connectivity index (χ0n) is 12.9. The molecule has 0 N–H and O–H groups in total. The van der Waals surface area contributed by atoms with E-state index in [9.17, 15) is 0 Å². The minimum absolute atomic E-state index is 0.441. The van der Waals surface area contributed by atoms with Crippen molar-refractivity contribution in [3.8, 4) is 0 Å². The van der Waals surface area contributed by atoms with E-state index >= 15 is 0 Å². The lowest BCUT2D eigenvalue weighted by Crippen LogP contribution is -2.29. The molecule has 116 valence electrons. The molecular weight excluding hydrogens is 296 g/mol. The molecule has 7 heteroatoms. The molecule has 0 aromatic carbocycles. The summed E-state index contributed by atoms with van der Waals surface area (Å²) in [6.45, 7) is 8.65. The Morgan fingerprint density at radius 2 is 1.73 bits per heavy atom. The van der Waals surface area contributed by atoms with Crippen LogP contribution in [0, 0.1) is 11.8 Å². The fourth-order valence-electron chi connectivity index (χ4n) is 3.52. The fourth-order valence-corrected chi connectivity index (χ4v) is 3.95. The Morgan fingerprint density at radius 3 is 2.32 bits per heavy atom. The highest BCUT2D eigenvalue weighted by Gasteiger charge is 2.41. The van der Waals surface area contributed by atoms with E-state index in [1.54, 1.807) is 6.33 Å². The first-order chi connectivity index (χ1) is 10.7. The van der Waals surface area contributed by atoms with Gasteiger partial charge in [0, 0.05) is 49.8 Å². The van der Waals surface area contributed by atoms with Crippen molar-refractivity contribution in [2.24, 2.45) is 11.8 Å². The van der Waals surface area contributed by atoms with Crippen molar-refractivity contribution in [2.75, 3.05) is 36.0 Å². The van der Waals surface area contributed by atoms with Gasteiger partial charge in [-0.25, -0.2) is 9.97 Å². The second-order valence-electron chi connectivity index (χ2n) is 6.55. The molecule has 0 spiro atoms. The molecule has 2 unspecified atom stereocenters. The molecule has 0 bridgehead atoms. The predicted octanol–water partition coefficient (Wildman–Crippen LogP) is 2.02. The van der Waals surface area contributed by atoms with Crippen LogP contribution in [-0.4, -0.2) is 44.9 Å². The quantitative estimate of drug-likeness (QED) is 0.863. The van der Waals surface area contributed by atoms with Crippen molar-refractivity contribution in [3.05, 3.63) is 24.3 Å². The monoisotopic (exact) mass is 316 g/mol. The number of rotatable bonds is 3.